The maximum atomic E-state index is 11.4. The van der Waals surface area contributed by atoms with Crippen LogP contribution in [0.2, 0.25) is 0 Å². The van der Waals surface area contributed by atoms with E-state index in [1.165, 1.54) is 7.11 Å². The predicted molar refractivity (Wildman–Crippen MR) is 72.6 cm³/mol. The van der Waals surface area contributed by atoms with Crippen molar-refractivity contribution in [3.63, 3.8) is 0 Å². The number of aromatic nitrogens is 1. The van der Waals surface area contributed by atoms with E-state index in [4.69, 9.17) is 5.11 Å². The lowest BCUT2D eigenvalue weighted by Gasteiger charge is -2.27. The summed E-state index contributed by atoms with van der Waals surface area (Å²) in [5.41, 5.74) is 0.448. The molecule has 0 radical (unpaired) electrons. The fourth-order valence-electron chi connectivity index (χ4n) is 2.45. The Morgan fingerprint density at radius 3 is 2.65 bits per heavy atom. The van der Waals surface area contributed by atoms with Crippen LogP contribution in [0.4, 0.5) is 5.82 Å². The maximum absolute atomic E-state index is 11.4. The molecule has 2 N–H and O–H groups in total. The van der Waals surface area contributed by atoms with Gasteiger partial charge in [-0.05, 0) is 37.8 Å². The lowest BCUT2D eigenvalue weighted by atomic mass is 9.86. The molecule has 6 heteroatoms. The van der Waals surface area contributed by atoms with Crippen LogP contribution in [-0.2, 0) is 9.53 Å². The summed E-state index contributed by atoms with van der Waals surface area (Å²) in [5, 5.41) is 12.2. The molecule has 0 saturated heterocycles. The van der Waals surface area contributed by atoms with Crippen molar-refractivity contribution in [1.82, 2.24) is 4.98 Å². The second-order valence-corrected chi connectivity index (χ2v) is 4.95. The highest BCUT2D eigenvalue weighted by atomic mass is 16.5. The summed E-state index contributed by atoms with van der Waals surface area (Å²) >= 11 is 0. The van der Waals surface area contributed by atoms with Gasteiger partial charge in [0, 0.05) is 12.2 Å². The van der Waals surface area contributed by atoms with Gasteiger partial charge < -0.3 is 15.2 Å². The first-order valence-electron chi connectivity index (χ1n) is 6.64. The highest BCUT2D eigenvalue weighted by molar-refractivity contribution is 5.89. The number of aliphatic carboxylic acids is 1. The first-order chi connectivity index (χ1) is 9.60. The summed E-state index contributed by atoms with van der Waals surface area (Å²) in [6, 6.07) is 3.44. The number of esters is 1. The zero-order valence-corrected chi connectivity index (χ0v) is 11.3. The molecule has 1 aromatic rings. The minimum atomic E-state index is -0.714. The van der Waals surface area contributed by atoms with Crippen molar-refractivity contribution in [1.29, 1.82) is 0 Å². The average molecular weight is 278 g/mol. The Morgan fingerprint density at radius 1 is 1.35 bits per heavy atom. The molecule has 0 amide bonds. The van der Waals surface area contributed by atoms with Crippen molar-refractivity contribution in [2.24, 2.45) is 5.92 Å². The topological polar surface area (TPSA) is 88.5 Å². The quantitative estimate of drug-likeness (QED) is 0.818. The van der Waals surface area contributed by atoms with Crippen molar-refractivity contribution in [3.05, 3.63) is 23.9 Å². The molecular formula is C14H18N2O4. The van der Waals surface area contributed by atoms with Crippen LogP contribution in [0, 0.1) is 5.92 Å². The van der Waals surface area contributed by atoms with Crippen LogP contribution in [0.1, 0.15) is 36.0 Å². The van der Waals surface area contributed by atoms with Gasteiger partial charge in [-0.1, -0.05) is 0 Å². The summed E-state index contributed by atoms with van der Waals surface area (Å²) < 4.78 is 4.66. The first-order valence-corrected chi connectivity index (χ1v) is 6.64. The number of carbonyl (C=O) groups is 2. The van der Waals surface area contributed by atoms with Crippen LogP contribution in [0.25, 0.3) is 0 Å². The Balaban J connectivity index is 1.94. The molecule has 0 spiro atoms. The van der Waals surface area contributed by atoms with E-state index in [9.17, 15) is 9.59 Å². The average Bonchev–Trinajstić information content (AvgIpc) is 2.47. The summed E-state index contributed by atoms with van der Waals surface area (Å²) in [7, 11) is 1.34. The zero-order chi connectivity index (χ0) is 14.5. The van der Waals surface area contributed by atoms with E-state index in [0.29, 0.717) is 24.2 Å². The molecule has 108 valence electrons. The Kier molecular flexibility index (Phi) is 4.55. The lowest BCUT2D eigenvalue weighted by Crippen LogP contribution is -2.29. The molecule has 1 aliphatic rings. The number of methoxy groups -OCH3 is 1. The molecule has 20 heavy (non-hydrogen) atoms. The van der Waals surface area contributed by atoms with Gasteiger partial charge in [-0.15, -0.1) is 0 Å². The molecule has 0 bridgehead atoms. The molecule has 1 heterocycles. The minimum Gasteiger partial charge on any atom is -0.481 e. The van der Waals surface area contributed by atoms with Crippen LogP contribution in [0.5, 0.6) is 0 Å². The third-order valence-electron chi connectivity index (χ3n) is 3.61. The molecule has 1 aromatic heterocycles. The number of pyridine rings is 1. The van der Waals surface area contributed by atoms with Crippen molar-refractivity contribution < 1.29 is 19.4 Å². The second-order valence-electron chi connectivity index (χ2n) is 4.95. The van der Waals surface area contributed by atoms with E-state index < -0.39 is 11.9 Å². The van der Waals surface area contributed by atoms with Gasteiger partial charge in [0.25, 0.3) is 0 Å². The monoisotopic (exact) mass is 278 g/mol. The molecular weight excluding hydrogens is 260 g/mol. The van der Waals surface area contributed by atoms with Crippen molar-refractivity contribution in [2.45, 2.75) is 31.7 Å². The Morgan fingerprint density at radius 2 is 2.05 bits per heavy atom. The standard InChI is InChI=1S/C14H18N2O4/c1-20-14(19)10-6-7-15-12(8-10)16-11-4-2-9(3-5-11)13(17)18/h6-9,11H,2-5H2,1H3,(H,15,16)(H,17,18). The molecule has 2 rings (SSSR count). The molecule has 1 fully saturated rings. The molecule has 0 aromatic carbocycles. The third kappa shape index (κ3) is 3.46. The van der Waals surface area contributed by atoms with E-state index in [0.717, 1.165) is 12.8 Å². The fraction of sp³-hybridized carbons (Fsp3) is 0.500. The number of ether oxygens (including phenoxy) is 1. The van der Waals surface area contributed by atoms with Crippen LogP contribution in [-0.4, -0.2) is 35.2 Å². The van der Waals surface area contributed by atoms with Gasteiger partial charge in [-0.25, -0.2) is 9.78 Å². The number of hydrogen-bond acceptors (Lipinski definition) is 5. The molecule has 1 saturated carbocycles. The summed E-state index contributed by atoms with van der Waals surface area (Å²) in [5.74, 6) is -0.728. The second kappa shape index (κ2) is 6.36. The molecule has 0 aliphatic heterocycles. The SMILES string of the molecule is COC(=O)c1ccnc(NC2CCC(C(=O)O)CC2)c1. The maximum Gasteiger partial charge on any atom is 0.338 e. The number of carboxylic acids is 1. The minimum absolute atomic E-state index is 0.200. The Hall–Kier alpha value is -2.11. The van der Waals surface area contributed by atoms with Gasteiger partial charge >= 0.3 is 11.9 Å². The summed E-state index contributed by atoms with van der Waals surface area (Å²) in [4.78, 5) is 26.5. The number of carboxylic acid groups (broad SMARTS) is 1. The Bertz CT molecular complexity index is 496. The van der Waals surface area contributed by atoms with Gasteiger partial charge in [0.2, 0.25) is 0 Å². The molecule has 6 nitrogen and oxygen atoms in total. The van der Waals surface area contributed by atoms with Gasteiger partial charge in [0.05, 0.1) is 18.6 Å². The van der Waals surface area contributed by atoms with Crippen molar-refractivity contribution >= 4 is 17.8 Å². The van der Waals surface area contributed by atoms with Crippen molar-refractivity contribution in [2.75, 3.05) is 12.4 Å². The smallest absolute Gasteiger partial charge is 0.338 e. The van der Waals surface area contributed by atoms with Crippen LogP contribution in [0.15, 0.2) is 18.3 Å². The number of carbonyl (C=O) groups excluding carboxylic acids is 1. The molecule has 1 aliphatic carbocycles. The largest absolute Gasteiger partial charge is 0.481 e. The van der Waals surface area contributed by atoms with Crippen LogP contribution in [0.3, 0.4) is 0 Å². The summed E-state index contributed by atoms with van der Waals surface area (Å²) in [6.45, 7) is 0. The van der Waals surface area contributed by atoms with E-state index in [1.807, 2.05) is 0 Å². The number of hydrogen-bond donors (Lipinski definition) is 2. The van der Waals surface area contributed by atoms with E-state index in [2.05, 4.69) is 15.0 Å². The van der Waals surface area contributed by atoms with E-state index >= 15 is 0 Å². The number of nitrogens with one attached hydrogen (secondary N) is 1. The fourth-order valence-corrected chi connectivity index (χ4v) is 2.45. The highest BCUT2D eigenvalue weighted by Crippen LogP contribution is 2.26. The normalized spacial score (nSPS) is 22.1. The number of nitrogens with zero attached hydrogens (tertiary/aromatic N) is 1. The first kappa shape index (κ1) is 14.3. The summed E-state index contributed by atoms with van der Waals surface area (Å²) in [6.07, 6.45) is 4.48. The number of rotatable bonds is 4. The van der Waals surface area contributed by atoms with Gasteiger partial charge in [-0.3, -0.25) is 4.79 Å². The van der Waals surface area contributed by atoms with Gasteiger partial charge in [0.15, 0.2) is 0 Å². The van der Waals surface area contributed by atoms with Crippen LogP contribution >= 0.6 is 0 Å². The lowest BCUT2D eigenvalue weighted by molar-refractivity contribution is -0.142. The van der Waals surface area contributed by atoms with Crippen LogP contribution < -0.4 is 5.32 Å². The molecule has 0 atom stereocenters. The highest BCUT2D eigenvalue weighted by Gasteiger charge is 2.26. The van der Waals surface area contributed by atoms with Gasteiger partial charge in [0.1, 0.15) is 5.82 Å². The van der Waals surface area contributed by atoms with Gasteiger partial charge in [-0.2, -0.15) is 0 Å². The van der Waals surface area contributed by atoms with E-state index in [1.54, 1.807) is 18.3 Å². The zero-order valence-electron chi connectivity index (χ0n) is 11.3. The molecule has 0 unspecified atom stereocenters. The van der Waals surface area contributed by atoms with E-state index in [-0.39, 0.29) is 12.0 Å². The predicted octanol–water partition coefficient (Wildman–Crippen LogP) is 1.92. The Labute approximate surface area is 117 Å². The third-order valence-corrected chi connectivity index (χ3v) is 3.61. The van der Waals surface area contributed by atoms with Crippen molar-refractivity contribution in [3.8, 4) is 0 Å². The number of anilines is 1.